The van der Waals surface area contributed by atoms with E-state index in [1.807, 2.05) is 6.92 Å². The third-order valence-corrected chi connectivity index (χ3v) is 3.22. The van der Waals surface area contributed by atoms with Crippen LogP contribution in [0.15, 0.2) is 18.2 Å². The standard InChI is InChI=1S/C14H19NO3/c1-9(8-10-6-7-10)15-14(17)11-4-3-5-12(18-2)13(11)16/h3-5,9-10,16H,6-8H2,1-2H3,(H,15,17). The second kappa shape index (κ2) is 5.29. The van der Waals surface area contributed by atoms with Crippen molar-refractivity contribution >= 4 is 5.91 Å². The fraction of sp³-hybridized carbons (Fsp3) is 0.500. The summed E-state index contributed by atoms with van der Waals surface area (Å²) in [4.78, 5) is 12.0. The highest BCUT2D eigenvalue weighted by atomic mass is 16.5. The van der Waals surface area contributed by atoms with Crippen molar-refractivity contribution in [2.24, 2.45) is 5.92 Å². The zero-order valence-corrected chi connectivity index (χ0v) is 10.8. The molecule has 18 heavy (non-hydrogen) atoms. The molecule has 1 amide bonds. The third kappa shape index (κ3) is 2.94. The topological polar surface area (TPSA) is 58.6 Å². The smallest absolute Gasteiger partial charge is 0.255 e. The molecule has 2 N–H and O–H groups in total. The molecule has 1 aromatic carbocycles. The Balaban J connectivity index is 2.03. The number of nitrogens with one attached hydrogen (secondary N) is 1. The molecule has 1 fully saturated rings. The Morgan fingerprint density at radius 2 is 2.28 bits per heavy atom. The van der Waals surface area contributed by atoms with Gasteiger partial charge < -0.3 is 15.2 Å². The van der Waals surface area contributed by atoms with Crippen LogP contribution in [0.3, 0.4) is 0 Å². The molecular formula is C14H19NO3. The molecule has 1 aliphatic rings. The molecule has 0 bridgehead atoms. The van der Waals surface area contributed by atoms with Crippen molar-refractivity contribution in [2.45, 2.75) is 32.2 Å². The summed E-state index contributed by atoms with van der Waals surface area (Å²) in [5, 5.41) is 12.8. The van der Waals surface area contributed by atoms with Crippen molar-refractivity contribution < 1.29 is 14.6 Å². The quantitative estimate of drug-likeness (QED) is 0.842. The lowest BCUT2D eigenvalue weighted by atomic mass is 10.1. The summed E-state index contributed by atoms with van der Waals surface area (Å²) >= 11 is 0. The molecular weight excluding hydrogens is 230 g/mol. The third-order valence-electron chi connectivity index (χ3n) is 3.22. The molecule has 1 aromatic rings. The predicted molar refractivity (Wildman–Crippen MR) is 68.9 cm³/mol. The van der Waals surface area contributed by atoms with Crippen LogP contribution in [0.4, 0.5) is 0 Å². The van der Waals surface area contributed by atoms with Crippen LogP contribution in [0.1, 0.15) is 36.5 Å². The van der Waals surface area contributed by atoms with Crippen LogP contribution in [0, 0.1) is 5.92 Å². The van der Waals surface area contributed by atoms with Gasteiger partial charge in [0.05, 0.1) is 12.7 Å². The lowest BCUT2D eigenvalue weighted by molar-refractivity contribution is 0.0934. The monoisotopic (exact) mass is 249 g/mol. The summed E-state index contributed by atoms with van der Waals surface area (Å²) in [6.07, 6.45) is 3.55. The molecule has 1 unspecified atom stereocenters. The minimum Gasteiger partial charge on any atom is -0.504 e. The van der Waals surface area contributed by atoms with Crippen molar-refractivity contribution in [1.82, 2.24) is 5.32 Å². The average molecular weight is 249 g/mol. The molecule has 98 valence electrons. The summed E-state index contributed by atoms with van der Waals surface area (Å²) in [6.45, 7) is 1.99. The summed E-state index contributed by atoms with van der Waals surface area (Å²) in [5.41, 5.74) is 0.261. The molecule has 1 atom stereocenters. The van der Waals surface area contributed by atoms with Gasteiger partial charge in [0.1, 0.15) is 0 Å². The summed E-state index contributed by atoms with van der Waals surface area (Å²) < 4.78 is 4.99. The van der Waals surface area contributed by atoms with Crippen LogP contribution in [0.2, 0.25) is 0 Å². The number of phenols is 1. The first-order valence-corrected chi connectivity index (χ1v) is 6.28. The minimum absolute atomic E-state index is 0.101. The van der Waals surface area contributed by atoms with Crippen molar-refractivity contribution in [3.8, 4) is 11.5 Å². The molecule has 0 spiro atoms. The average Bonchev–Trinajstić information content (AvgIpc) is 3.12. The number of ether oxygens (including phenoxy) is 1. The Bertz CT molecular complexity index is 441. The van der Waals surface area contributed by atoms with E-state index in [1.165, 1.54) is 20.0 Å². The molecule has 0 radical (unpaired) electrons. The highest BCUT2D eigenvalue weighted by Gasteiger charge is 2.25. The summed E-state index contributed by atoms with van der Waals surface area (Å²) in [5.74, 6) is 0.729. The Labute approximate surface area is 107 Å². The Morgan fingerprint density at radius 1 is 1.56 bits per heavy atom. The number of carbonyl (C=O) groups is 1. The maximum absolute atomic E-state index is 12.0. The predicted octanol–water partition coefficient (Wildman–Crippen LogP) is 2.32. The zero-order chi connectivity index (χ0) is 13.1. The highest BCUT2D eigenvalue weighted by molar-refractivity contribution is 5.97. The van der Waals surface area contributed by atoms with Crippen LogP contribution in [-0.4, -0.2) is 24.2 Å². The minimum atomic E-state index is -0.250. The largest absolute Gasteiger partial charge is 0.504 e. The van der Waals surface area contributed by atoms with Gasteiger partial charge in [-0.2, -0.15) is 0 Å². The normalized spacial score (nSPS) is 16.1. The number of hydrogen-bond donors (Lipinski definition) is 2. The lowest BCUT2D eigenvalue weighted by Crippen LogP contribution is -2.32. The second-order valence-corrected chi connectivity index (χ2v) is 4.91. The number of para-hydroxylation sites is 1. The lowest BCUT2D eigenvalue weighted by Gasteiger charge is -2.14. The van der Waals surface area contributed by atoms with E-state index in [2.05, 4.69) is 5.32 Å². The van der Waals surface area contributed by atoms with Crippen molar-refractivity contribution in [3.05, 3.63) is 23.8 Å². The molecule has 1 saturated carbocycles. The molecule has 0 heterocycles. The van der Waals surface area contributed by atoms with Crippen LogP contribution < -0.4 is 10.1 Å². The van der Waals surface area contributed by atoms with Gasteiger partial charge in [0.15, 0.2) is 11.5 Å². The SMILES string of the molecule is COc1cccc(C(=O)NC(C)CC2CC2)c1O. The van der Waals surface area contributed by atoms with Gasteiger partial charge in [0.2, 0.25) is 0 Å². The maximum atomic E-state index is 12.0. The van der Waals surface area contributed by atoms with Gasteiger partial charge in [-0.25, -0.2) is 0 Å². The molecule has 0 saturated heterocycles. The van der Waals surface area contributed by atoms with Gasteiger partial charge in [-0.05, 0) is 31.4 Å². The second-order valence-electron chi connectivity index (χ2n) is 4.91. The highest BCUT2D eigenvalue weighted by Crippen LogP contribution is 2.34. The molecule has 4 nitrogen and oxygen atoms in total. The molecule has 0 aromatic heterocycles. The molecule has 4 heteroatoms. The van der Waals surface area contributed by atoms with E-state index >= 15 is 0 Å². The first-order valence-electron chi connectivity index (χ1n) is 6.28. The zero-order valence-electron chi connectivity index (χ0n) is 10.8. The number of rotatable bonds is 5. The van der Waals surface area contributed by atoms with E-state index in [4.69, 9.17) is 4.74 Å². The van der Waals surface area contributed by atoms with E-state index in [1.54, 1.807) is 18.2 Å². The number of phenolic OH excluding ortho intramolecular Hbond substituents is 1. The number of hydrogen-bond acceptors (Lipinski definition) is 3. The van der Waals surface area contributed by atoms with Gasteiger partial charge in [-0.15, -0.1) is 0 Å². The first-order chi connectivity index (χ1) is 8.61. The van der Waals surface area contributed by atoms with Crippen LogP contribution in [0.25, 0.3) is 0 Å². The number of aromatic hydroxyl groups is 1. The van der Waals surface area contributed by atoms with Gasteiger partial charge in [-0.1, -0.05) is 18.9 Å². The van der Waals surface area contributed by atoms with E-state index in [0.29, 0.717) is 5.75 Å². The number of methoxy groups -OCH3 is 1. The Morgan fingerprint density at radius 3 is 2.89 bits per heavy atom. The van der Waals surface area contributed by atoms with E-state index in [9.17, 15) is 9.90 Å². The fourth-order valence-corrected chi connectivity index (χ4v) is 2.08. The number of benzene rings is 1. The van der Waals surface area contributed by atoms with E-state index in [0.717, 1.165) is 12.3 Å². The summed E-state index contributed by atoms with van der Waals surface area (Å²) in [7, 11) is 1.46. The van der Waals surface area contributed by atoms with Gasteiger partial charge in [0, 0.05) is 6.04 Å². The molecule has 2 rings (SSSR count). The number of carbonyl (C=O) groups excluding carboxylic acids is 1. The fourth-order valence-electron chi connectivity index (χ4n) is 2.08. The maximum Gasteiger partial charge on any atom is 0.255 e. The molecule has 1 aliphatic carbocycles. The first kappa shape index (κ1) is 12.7. The van der Waals surface area contributed by atoms with E-state index < -0.39 is 0 Å². The van der Waals surface area contributed by atoms with Gasteiger partial charge >= 0.3 is 0 Å². The number of amides is 1. The van der Waals surface area contributed by atoms with Gasteiger partial charge in [-0.3, -0.25) is 4.79 Å². The van der Waals surface area contributed by atoms with Gasteiger partial charge in [0.25, 0.3) is 5.91 Å². The van der Waals surface area contributed by atoms with E-state index in [-0.39, 0.29) is 23.3 Å². The summed E-state index contributed by atoms with van der Waals surface area (Å²) in [6, 6.07) is 5.05. The van der Waals surface area contributed by atoms with Crippen LogP contribution in [-0.2, 0) is 0 Å². The van der Waals surface area contributed by atoms with Crippen LogP contribution >= 0.6 is 0 Å². The van der Waals surface area contributed by atoms with Crippen molar-refractivity contribution in [2.75, 3.05) is 7.11 Å². The molecule has 0 aliphatic heterocycles. The Hall–Kier alpha value is -1.71. The Kier molecular flexibility index (Phi) is 3.75. The van der Waals surface area contributed by atoms with Crippen molar-refractivity contribution in [3.63, 3.8) is 0 Å². The van der Waals surface area contributed by atoms with Crippen molar-refractivity contribution in [1.29, 1.82) is 0 Å². The van der Waals surface area contributed by atoms with Crippen LogP contribution in [0.5, 0.6) is 11.5 Å².